The zero-order chi connectivity index (χ0) is 35.6. The van der Waals surface area contributed by atoms with Gasteiger partial charge >= 0.3 is 0 Å². The number of aromatic nitrogens is 1. The first-order valence-corrected chi connectivity index (χ1v) is 18.8. The molecule has 11 rings (SSSR count). The number of benzene rings is 8. The lowest BCUT2D eigenvalue weighted by molar-refractivity contribution is 0.617. The Morgan fingerprint density at radius 3 is 1.94 bits per heavy atom. The minimum absolute atomic E-state index is 0.596. The largest absolute Gasteiger partial charge is 0.454 e. The molecule has 4 nitrogen and oxygen atoms in total. The van der Waals surface area contributed by atoms with Crippen LogP contribution in [-0.2, 0) is 0 Å². The first-order chi connectivity index (χ1) is 26.8. The Kier molecular flexibility index (Phi) is 7.00. The van der Waals surface area contributed by atoms with Crippen LogP contribution < -0.4 is 4.90 Å². The van der Waals surface area contributed by atoms with Crippen LogP contribution in [0.15, 0.2) is 191 Å². The second kappa shape index (κ2) is 12.3. The maximum absolute atomic E-state index is 6.82. The maximum atomic E-state index is 6.82. The summed E-state index contributed by atoms with van der Waals surface area (Å²) in [5.41, 5.74) is 11.7. The van der Waals surface area contributed by atoms with Crippen LogP contribution in [0, 0.1) is 0 Å². The van der Waals surface area contributed by atoms with Gasteiger partial charge in [0.1, 0.15) is 11.1 Å². The van der Waals surface area contributed by atoms with Gasteiger partial charge < -0.3 is 13.7 Å². The second-order valence-corrected chi connectivity index (χ2v) is 14.6. The lowest BCUT2D eigenvalue weighted by Crippen LogP contribution is -2.11. The van der Waals surface area contributed by atoms with Crippen molar-refractivity contribution in [2.24, 2.45) is 0 Å². The van der Waals surface area contributed by atoms with E-state index in [1.165, 1.54) is 31.3 Å². The Labute approximate surface area is 314 Å². The van der Waals surface area contributed by atoms with Gasteiger partial charge in [0.15, 0.2) is 11.2 Å². The van der Waals surface area contributed by atoms with E-state index < -0.39 is 0 Å². The number of thiophene rings is 1. The Morgan fingerprint density at radius 2 is 1.09 bits per heavy atom. The lowest BCUT2D eigenvalue weighted by Gasteiger charge is -2.28. The monoisotopic (exact) mass is 710 g/mol. The van der Waals surface area contributed by atoms with Crippen molar-refractivity contribution in [3.63, 3.8) is 0 Å². The van der Waals surface area contributed by atoms with Crippen molar-refractivity contribution in [3.8, 4) is 33.7 Å². The molecule has 254 valence electrons. The third-order valence-electron chi connectivity index (χ3n) is 10.3. The number of para-hydroxylation sites is 2. The minimum Gasteiger partial charge on any atom is -0.454 e. The molecule has 0 radical (unpaired) electrons. The van der Waals surface area contributed by atoms with Crippen LogP contribution in [-0.4, -0.2) is 4.98 Å². The normalized spacial score (nSPS) is 11.7. The number of rotatable bonds is 6. The zero-order valence-electron chi connectivity index (χ0n) is 28.9. The summed E-state index contributed by atoms with van der Waals surface area (Å²) in [6.45, 7) is 0. The molecule has 3 heterocycles. The van der Waals surface area contributed by atoms with Crippen molar-refractivity contribution in [3.05, 3.63) is 182 Å². The average molecular weight is 711 g/mol. The molecule has 0 unspecified atom stereocenters. The molecular weight excluding hydrogens is 681 g/mol. The summed E-state index contributed by atoms with van der Waals surface area (Å²) in [5, 5.41) is 4.61. The molecule has 0 bridgehead atoms. The van der Waals surface area contributed by atoms with Crippen LogP contribution in [0.25, 0.3) is 86.9 Å². The predicted molar refractivity (Wildman–Crippen MR) is 225 cm³/mol. The van der Waals surface area contributed by atoms with Gasteiger partial charge in [-0.1, -0.05) is 127 Å². The highest BCUT2D eigenvalue weighted by atomic mass is 32.1. The Bertz CT molecular complexity index is 3160. The molecule has 0 aliphatic heterocycles. The van der Waals surface area contributed by atoms with Crippen molar-refractivity contribution >= 4 is 81.6 Å². The molecule has 0 saturated carbocycles. The number of fused-ring (bicyclic) bond motifs is 7. The molecule has 8 aromatic carbocycles. The molecule has 0 N–H and O–H groups in total. The van der Waals surface area contributed by atoms with E-state index in [-0.39, 0.29) is 0 Å². The quantitative estimate of drug-likeness (QED) is 0.172. The van der Waals surface area contributed by atoms with E-state index in [0.29, 0.717) is 11.5 Å². The number of nitrogens with zero attached hydrogens (tertiary/aromatic N) is 2. The highest BCUT2D eigenvalue weighted by Crippen LogP contribution is 2.47. The van der Waals surface area contributed by atoms with Gasteiger partial charge in [0, 0.05) is 53.8 Å². The first kappa shape index (κ1) is 30.7. The fraction of sp³-hybridized carbons (Fsp3) is 0. The first-order valence-electron chi connectivity index (χ1n) is 18.0. The number of oxazole rings is 1. The van der Waals surface area contributed by atoms with Gasteiger partial charge in [-0.2, -0.15) is 0 Å². The summed E-state index contributed by atoms with van der Waals surface area (Å²) in [6, 6.07) is 63.9. The maximum Gasteiger partial charge on any atom is 0.227 e. The number of furan rings is 1. The van der Waals surface area contributed by atoms with Gasteiger partial charge in [0.05, 0.1) is 11.4 Å². The van der Waals surface area contributed by atoms with Crippen molar-refractivity contribution < 1.29 is 8.83 Å². The Hall–Kier alpha value is -6.95. The van der Waals surface area contributed by atoms with Crippen LogP contribution in [0.2, 0.25) is 0 Å². The van der Waals surface area contributed by atoms with E-state index in [0.717, 1.165) is 61.2 Å². The topological polar surface area (TPSA) is 42.4 Å². The van der Waals surface area contributed by atoms with E-state index in [1.54, 1.807) is 0 Å². The van der Waals surface area contributed by atoms with Crippen molar-refractivity contribution in [2.75, 3.05) is 4.90 Å². The molecule has 0 amide bonds. The SMILES string of the molecule is c1ccc(-c2nc3cc4c(cc3o2)oc2c(N(c3ccc(-c5cccc6c5sc5ccccc56)cc3)c3ccccc3-c3ccccc3)cccc24)cc1. The Balaban J connectivity index is 1.09. The van der Waals surface area contributed by atoms with E-state index in [4.69, 9.17) is 13.8 Å². The lowest BCUT2D eigenvalue weighted by atomic mass is 10.00. The summed E-state index contributed by atoms with van der Waals surface area (Å²) in [6.07, 6.45) is 0. The van der Waals surface area contributed by atoms with Crippen molar-refractivity contribution in [1.82, 2.24) is 4.98 Å². The van der Waals surface area contributed by atoms with Crippen LogP contribution in [0.1, 0.15) is 0 Å². The molecule has 11 aromatic rings. The molecule has 0 aliphatic rings. The fourth-order valence-electron chi connectivity index (χ4n) is 7.79. The van der Waals surface area contributed by atoms with Gasteiger partial charge in [-0.15, -0.1) is 11.3 Å². The molecule has 3 aromatic heterocycles. The minimum atomic E-state index is 0.596. The Morgan fingerprint density at radius 1 is 0.444 bits per heavy atom. The van der Waals surface area contributed by atoms with E-state index in [9.17, 15) is 0 Å². The van der Waals surface area contributed by atoms with Crippen LogP contribution in [0.4, 0.5) is 17.1 Å². The molecule has 0 aliphatic carbocycles. The third kappa shape index (κ3) is 4.94. The molecule has 54 heavy (non-hydrogen) atoms. The van der Waals surface area contributed by atoms with Gasteiger partial charge in [0.25, 0.3) is 0 Å². The smallest absolute Gasteiger partial charge is 0.227 e. The molecule has 0 saturated heterocycles. The molecule has 5 heteroatoms. The number of hydrogen-bond donors (Lipinski definition) is 0. The summed E-state index contributed by atoms with van der Waals surface area (Å²) < 4.78 is 15.7. The van der Waals surface area contributed by atoms with Crippen molar-refractivity contribution in [2.45, 2.75) is 0 Å². The molecule has 0 spiro atoms. The van der Waals surface area contributed by atoms with Crippen LogP contribution in [0.5, 0.6) is 0 Å². The van der Waals surface area contributed by atoms with Crippen molar-refractivity contribution in [1.29, 1.82) is 0 Å². The second-order valence-electron chi connectivity index (χ2n) is 13.5. The summed E-state index contributed by atoms with van der Waals surface area (Å²) in [5.74, 6) is 0.596. The van der Waals surface area contributed by atoms with Crippen LogP contribution >= 0.6 is 11.3 Å². The molecule has 0 fully saturated rings. The predicted octanol–water partition coefficient (Wildman–Crippen LogP) is 14.6. The highest BCUT2D eigenvalue weighted by Gasteiger charge is 2.23. The van der Waals surface area contributed by atoms with E-state index >= 15 is 0 Å². The van der Waals surface area contributed by atoms with Gasteiger partial charge in [-0.3, -0.25) is 0 Å². The summed E-state index contributed by atoms with van der Waals surface area (Å²) >= 11 is 1.86. The fourth-order valence-corrected chi connectivity index (χ4v) is 9.03. The van der Waals surface area contributed by atoms with Gasteiger partial charge in [-0.25, -0.2) is 4.98 Å². The average Bonchev–Trinajstić information content (AvgIpc) is 3.94. The van der Waals surface area contributed by atoms with Gasteiger partial charge in [-0.05, 0) is 65.2 Å². The summed E-state index contributed by atoms with van der Waals surface area (Å²) in [7, 11) is 0. The third-order valence-corrected chi connectivity index (χ3v) is 11.5. The number of anilines is 3. The highest BCUT2D eigenvalue weighted by molar-refractivity contribution is 7.26. The standard InChI is InChI=1S/C49H30N2O2S/c1-3-13-31(14-4-1)35-17-7-9-22-42(35)51(34-27-25-32(26-28-34)36-19-11-21-39-37-18-8-10-24-46(37)54-48(36)39)43-23-12-20-38-40-29-41-45(30-44(40)52-47(38)43)53-49(50-41)33-15-5-2-6-16-33/h1-30H. The van der Waals surface area contributed by atoms with E-state index in [1.807, 2.05) is 47.7 Å². The van der Waals surface area contributed by atoms with Crippen LogP contribution in [0.3, 0.4) is 0 Å². The summed E-state index contributed by atoms with van der Waals surface area (Å²) in [4.78, 5) is 7.19. The van der Waals surface area contributed by atoms with Gasteiger partial charge in [0.2, 0.25) is 5.89 Å². The van der Waals surface area contributed by atoms with E-state index in [2.05, 4.69) is 150 Å². The molecule has 0 atom stereocenters. The zero-order valence-corrected chi connectivity index (χ0v) is 29.8. The molecular formula is C49H30N2O2S. The number of hydrogen-bond acceptors (Lipinski definition) is 5.